The number of rotatable bonds is 7. The van der Waals surface area contributed by atoms with Gasteiger partial charge in [0.1, 0.15) is 5.65 Å². The zero-order valence-electron chi connectivity index (χ0n) is 16.9. The Morgan fingerprint density at radius 3 is 2.55 bits per heavy atom. The summed E-state index contributed by atoms with van der Waals surface area (Å²) < 4.78 is 29.9. The predicted octanol–water partition coefficient (Wildman–Crippen LogP) is 3.05. The molecule has 2 aromatic carbocycles. The van der Waals surface area contributed by atoms with E-state index < -0.39 is 10.0 Å². The number of sulfonamides is 1. The molecule has 0 unspecified atom stereocenters. The van der Waals surface area contributed by atoms with Gasteiger partial charge in [-0.05, 0) is 42.3 Å². The smallest absolute Gasteiger partial charge is 0.251 e. The standard InChI is InChI=1S/C23H22N4O3S/c1-17-10-11-20(31(29,30)25-14-18-7-3-2-4-8-18)13-21(17)23(28)24-15-19-16-27-12-6-5-9-22(27)26-19/h2-13,16,25H,14-15H2,1H3,(H,24,28). The molecule has 0 fully saturated rings. The number of benzene rings is 2. The fourth-order valence-electron chi connectivity index (χ4n) is 3.21. The summed E-state index contributed by atoms with van der Waals surface area (Å²) in [7, 11) is -3.76. The molecule has 1 amide bonds. The van der Waals surface area contributed by atoms with Crippen molar-refractivity contribution in [2.75, 3.05) is 0 Å². The van der Waals surface area contributed by atoms with Crippen molar-refractivity contribution < 1.29 is 13.2 Å². The quantitative estimate of drug-likeness (QED) is 0.468. The van der Waals surface area contributed by atoms with E-state index in [1.807, 2.05) is 65.3 Å². The number of aryl methyl sites for hydroxylation is 1. The lowest BCUT2D eigenvalue weighted by Gasteiger charge is -2.11. The summed E-state index contributed by atoms with van der Waals surface area (Å²) in [5, 5.41) is 2.82. The number of carbonyl (C=O) groups excluding carboxylic acids is 1. The minimum Gasteiger partial charge on any atom is -0.346 e. The summed E-state index contributed by atoms with van der Waals surface area (Å²) in [4.78, 5) is 17.3. The molecular formula is C23H22N4O3S. The average molecular weight is 435 g/mol. The molecule has 8 heteroatoms. The van der Waals surface area contributed by atoms with Crippen LogP contribution in [0.25, 0.3) is 5.65 Å². The summed E-state index contributed by atoms with van der Waals surface area (Å²) in [6.45, 7) is 2.18. The summed E-state index contributed by atoms with van der Waals surface area (Å²) in [6, 6.07) is 19.5. The van der Waals surface area contributed by atoms with E-state index in [0.29, 0.717) is 16.8 Å². The molecule has 0 aliphatic heterocycles. The minimum atomic E-state index is -3.76. The normalized spacial score (nSPS) is 11.5. The van der Waals surface area contributed by atoms with Gasteiger partial charge in [0, 0.05) is 24.5 Å². The summed E-state index contributed by atoms with van der Waals surface area (Å²) in [6.07, 6.45) is 3.73. The molecule has 4 aromatic rings. The molecule has 0 saturated heterocycles. The summed E-state index contributed by atoms with van der Waals surface area (Å²) >= 11 is 0. The molecule has 0 radical (unpaired) electrons. The summed E-state index contributed by atoms with van der Waals surface area (Å²) in [5.74, 6) is -0.352. The lowest BCUT2D eigenvalue weighted by Crippen LogP contribution is -2.26. The van der Waals surface area contributed by atoms with Crippen LogP contribution >= 0.6 is 0 Å². The van der Waals surface area contributed by atoms with E-state index in [1.165, 1.54) is 12.1 Å². The Kier molecular flexibility index (Phi) is 5.83. The number of fused-ring (bicyclic) bond motifs is 1. The largest absolute Gasteiger partial charge is 0.346 e. The van der Waals surface area contributed by atoms with Crippen LogP contribution in [0.3, 0.4) is 0 Å². The molecule has 158 valence electrons. The Balaban J connectivity index is 1.47. The van der Waals surface area contributed by atoms with Gasteiger partial charge in [-0.1, -0.05) is 42.5 Å². The zero-order chi connectivity index (χ0) is 21.8. The van der Waals surface area contributed by atoms with Gasteiger partial charge in [-0.15, -0.1) is 0 Å². The molecule has 2 heterocycles. The van der Waals surface area contributed by atoms with Crippen molar-refractivity contribution >= 4 is 21.6 Å². The van der Waals surface area contributed by atoms with Gasteiger partial charge < -0.3 is 9.72 Å². The number of nitrogens with one attached hydrogen (secondary N) is 2. The van der Waals surface area contributed by atoms with Crippen LogP contribution in [0.15, 0.2) is 84.0 Å². The monoisotopic (exact) mass is 434 g/mol. The van der Waals surface area contributed by atoms with E-state index in [9.17, 15) is 13.2 Å². The third kappa shape index (κ3) is 4.82. The Morgan fingerprint density at radius 1 is 1.00 bits per heavy atom. The van der Waals surface area contributed by atoms with Crippen molar-refractivity contribution in [1.29, 1.82) is 0 Å². The van der Waals surface area contributed by atoms with Crippen molar-refractivity contribution in [2.24, 2.45) is 0 Å². The second kappa shape index (κ2) is 8.71. The number of amides is 1. The van der Waals surface area contributed by atoms with Crippen LogP contribution in [0.5, 0.6) is 0 Å². The second-order valence-electron chi connectivity index (χ2n) is 7.17. The maximum atomic E-state index is 12.8. The number of hydrogen-bond acceptors (Lipinski definition) is 4. The number of pyridine rings is 1. The third-order valence-corrected chi connectivity index (χ3v) is 6.32. The first-order valence-corrected chi connectivity index (χ1v) is 11.3. The van der Waals surface area contributed by atoms with Crippen LogP contribution in [0.4, 0.5) is 0 Å². The molecule has 0 saturated carbocycles. The molecule has 4 rings (SSSR count). The lowest BCUT2D eigenvalue weighted by atomic mass is 10.1. The molecule has 31 heavy (non-hydrogen) atoms. The van der Waals surface area contributed by atoms with E-state index in [-0.39, 0.29) is 23.9 Å². The van der Waals surface area contributed by atoms with Gasteiger partial charge in [-0.3, -0.25) is 4.79 Å². The first kappa shape index (κ1) is 20.8. The molecule has 2 aromatic heterocycles. The number of aromatic nitrogens is 2. The van der Waals surface area contributed by atoms with Gasteiger partial charge in [0.05, 0.1) is 17.1 Å². The average Bonchev–Trinajstić information content (AvgIpc) is 3.20. The second-order valence-corrected chi connectivity index (χ2v) is 8.93. The topological polar surface area (TPSA) is 92.6 Å². The van der Waals surface area contributed by atoms with Gasteiger partial charge in [0.15, 0.2) is 0 Å². The molecule has 0 spiro atoms. The number of carbonyl (C=O) groups is 1. The van der Waals surface area contributed by atoms with Crippen molar-refractivity contribution in [3.8, 4) is 0 Å². The number of nitrogens with zero attached hydrogens (tertiary/aromatic N) is 2. The molecular weight excluding hydrogens is 412 g/mol. The van der Waals surface area contributed by atoms with Crippen LogP contribution in [-0.2, 0) is 23.1 Å². The Bertz CT molecular complexity index is 1300. The molecule has 7 nitrogen and oxygen atoms in total. The maximum absolute atomic E-state index is 12.8. The van der Waals surface area contributed by atoms with Crippen molar-refractivity contribution in [2.45, 2.75) is 24.9 Å². The van der Waals surface area contributed by atoms with Crippen molar-refractivity contribution in [3.05, 3.63) is 102 Å². The van der Waals surface area contributed by atoms with Crippen LogP contribution < -0.4 is 10.0 Å². The molecule has 0 aliphatic carbocycles. The fourth-order valence-corrected chi connectivity index (χ4v) is 4.25. The van der Waals surface area contributed by atoms with Gasteiger partial charge in [-0.2, -0.15) is 0 Å². The van der Waals surface area contributed by atoms with E-state index >= 15 is 0 Å². The van der Waals surface area contributed by atoms with Crippen LogP contribution in [0.1, 0.15) is 27.2 Å². The highest BCUT2D eigenvalue weighted by atomic mass is 32.2. The van der Waals surface area contributed by atoms with E-state index in [4.69, 9.17) is 0 Å². The highest BCUT2D eigenvalue weighted by Gasteiger charge is 2.18. The van der Waals surface area contributed by atoms with Crippen LogP contribution in [0.2, 0.25) is 0 Å². The Hall–Kier alpha value is -3.49. The van der Waals surface area contributed by atoms with Crippen molar-refractivity contribution in [1.82, 2.24) is 19.4 Å². The predicted molar refractivity (Wildman–Crippen MR) is 118 cm³/mol. The molecule has 0 atom stereocenters. The number of imidazole rings is 1. The SMILES string of the molecule is Cc1ccc(S(=O)(=O)NCc2ccccc2)cc1C(=O)NCc1cn2ccccc2n1. The van der Waals surface area contributed by atoms with Gasteiger partial charge in [0.2, 0.25) is 10.0 Å². The van der Waals surface area contributed by atoms with Gasteiger partial charge in [0.25, 0.3) is 5.91 Å². The van der Waals surface area contributed by atoms with E-state index in [1.54, 1.807) is 13.0 Å². The number of hydrogen-bond donors (Lipinski definition) is 2. The maximum Gasteiger partial charge on any atom is 0.251 e. The van der Waals surface area contributed by atoms with Crippen LogP contribution in [-0.4, -0.2) is 23.7 Å². The van der Waals surface area contributed by atoms with Gasteiger partial charge >= 0.3 is 0 Å². The lowest BCUT2D eigenvalue weighted by molar-refractivity contribution is 0.0949. The molecule has 2 N–H and O–H groups in total. The zero-order valence-corrected chi connectivity index (χ0v) is 17.8. The Labute approximate surface area is 180 Å². The first-order chi connectivity index (χ1) is 14.9. The molecule has 0 bridgehead atoms. The van der Waals surface area contributed by atoms with E-state index in [0.717, 1.165) is 11.2 Å². The fraction of sp³-hybridized carbons (Fsp3) is 0.130. The van der Waals surface area contributed by atoms with Crippen molar-refractivity contribution in [3.63, 3.8) is 0 Å². The molecule has 0 aliphatic rings. The highest BCUT2D eigenvalue weighted by molar-refractivity contribution is 7.89. The highest BCUT2D eigenvalue weighted by Crippen LogP contribution is 2.16. The summed E-state index contributed by atoms with van der Waals surface area (Å²) in [5.41, 5.74) is 3.36. The third-order valence-electron chi connectivity index (χ3n) is 4.92. The first-order valence-electron chi connectivity index (χ1n) is 9.77. The van der Waals surface area contributed by atoms with E-state index in [2.05, 4.69) is 15.0 Å². The minimum absolute atomic E-state index is 0.0481. The Morgan fingerprint density at radius 2 is 1.77 bits per heavy atom. The van der Waals surface area contributed by atoms with Gasteiger partial charge in [-0.25, -0.2) is 18.1 Å². The van der Waals surface area contributed by atoms with Crippen LogP contribution in [0, 0.1) is 6.92 Å².